The zero-order valence-corrected chi connectivity index (χ0v) is 11.2. The van der Waals surface area contributed by atoms with Crippen molar-refractivity contribution in [1.29, 1.82) is 0 Å². The Labute approximate surface area is 117 Å². The maximum atomic E-state index is 11.7. The minimum Gasteiger partial charge on any atom is -0.352 e. The molecule has 1 unspecified atom stereocenters. The highest BCUT2D eigenvalue weighted by Crippen LogP contribution is 2.23. The number of hydrogen-bond donors (Lipinski definition) is 3. The van der Waals surface area contributed by atoms with Crippen LogP contribution in [0.4, 0.5) is 4.79 Å². The monoisotopic (exact) mass is 271 g/mol. The number of primary amides is 1. The average Bonchev–Trinajstić information content (AvgIpc) is 2.44. The first-order valence-electron chi connectivity index (χ1n) is 6.38. The highest BCUT2D eigenvalue weighted by molar-refractivity contribution is 5.87. The summed E-state index contributed by atoms with van der Waals surface area (Å²) in [6.07, 6.45) is 0. The minimum atomic E-state index is -0.710. The predicted octanol–water partition coefficient (Wildman–Crippen LogP) is 1.69. The van der Waals surface area contributed by atoms with E-state index < -0.39 is 6.03 Å². The summed E-state index contributed by atoms with van der Waals surface area (Å²) in [7, 11) is 0. The lowest BCUT2D eigenvalue weighted by molar-refractivity contribution is -0.120. The number of nitrogens with one attached hydrogen (secondary N) is 2. The quantitative estimate of drug-likeness (QED) is 0.790. The summed E-state index contributed by atoms with van der Waals surface area (Å²) >= 11 is 0. The van der Waals surface area contributed by atoms with Crippen LogP contribution in [0.3, 0.4) is 0 Å². The Morgan fingerprint density at radius 2 is 1.85 bits per heavy atom. The molecule has 0 aliphatic rings. The minimum absolute atomic E-state index is 0.121. The molecule has 2 aromatic carbocycles. The molecule has 0 radical (unpaired) electrons. The van der Waals surface area contributed by atoms with E-state index in [1.807, 2.05) is 49.4 Å². The molecule has 0 aromatic heterocycles. The molecular formula is C15H17N3O2. The molecule has 0 heterocycles. The van der Waals surface area contributed by atoms with Gasteiger partial charge in [-0.15, -0.1) is 0 Å². The molecular weight excluding hydrogens is 254 g/mol. The molecule has 5 heteroatoms. The fourth-order valence-corrected chi connectivity index (χ4v) is 2.17. The van der Waals surface area contributed by atoms with Gasteiger partial charge in [0.15, 0.2) is 0 Å². The number of amides is 3. The molecule has 0 saturated heterocycles. The topological polar surface area (TPSA) is 84.2 Å². The van der Waals surface area contributed by atoms with Gasteiger partial charge in [-0.25, -0.2) is 4.79 Å². The van der Waals surface area contributed by atoms with Crippen molar-refractivity contribution in [1.82, 2.24) is 10.6 Å². The molecule has 1 atom stereocenters. The van der Waals surface area contributed by atoms with Crippen LogP contribution in [0.15, 0.2) is 42.5 Å². The lowest BCUT2D eigenvalue weighted by atomic mass is 10.00. The molecule has 20 heavy (non-hydrogen) atoms. The van der Waals surface area contributed by atoms with Gasteiger partial charge < -0.3 is 16.4 Å². The maximum Gasteiger partial charge on any atom is 0.312 e. The summed E-state index contributed by atoms with van der Waals surface area (Å²) in [6, 6.07) is 13.1. The van der Waals surface area contributed by atoms with Gasteiger partial charge in [0.1, 0.15) is 0 Å². The first-order valence-corrected chi connectivity index (χ1v) is 6.38. The van der Waals surface area contributed by atoms with Gasteiger partial charge in [0.05, 0.1) is 12.6 Å². The first-order chi connectivity index (χ1) is 9.58. The lowest BCUT2D eigenvalue weighted by Gasteiger charge is -2.16. The number of carbonyl (C=O) groups excluding carboxylic acids is 2. The Kier molecular flexibility index (Phi) is 4.20. The van der Waals surface area contributed by atoms with Crippen molar-refractivity contribution in [3.05, 3.63) is 48.0 Å². The van der Waals surface area contributed by atoms with Crippen LogP contribution in [0, 0.1) is 0 Å². The van der Waals surface area contributed by atoms with Gasteiger partial charge in [-0.1, -0.05) is 42.5 Å². The van der Waals surface area contributed by atoms with Crippen LogP contribution < -0.4 is 16.4 Å². The predicted molar refractivity (Wildman–Crippen MR) is 78.1 cm³/mol. The van der Waals surface area contributed by atoms with E-state index in [1.54, 1.807) is 0 Å². The maximum absolute atomic E-state index is 11.7. The number of urea groups is 1. The van der Waals surface area contributed by atoms with Crippen LogP contribution in [0.25, 0.3) is 10.8 Å². The fraction of sp³-hybridized carbons (Fsp3) is 0.200. The third kappa shape index (κ3) is 3.26. The molecule has 0 spiro atoms. The van der Waals surface area contributed by atoms with E-state index in [-0.39, 0.29) is 18.5 Å². The van der Waals surface area contributed by atoms with Crippen molar-refractivity contribution in [2.75, 3.05) is 6.54 Å². The van der Waals surface area contributed by atoms with E-state index >= 15 is 0 Å². The van der Waals surface area contributed by atoms with Gasteiger partial charge in [0.25, 0.3) is 0 Å². The summed E-state index contributed by atoms with van der Waals surface area (Å²) in [4.78, 5) is 22.3. The number of fused-ring (bicyclic) bond motifs is 1. The zero-order valence-electron chi connectivity index (χ0n) is 11.2. The van der Waals surface area contributed by atoms with Crippen LogP contribution in [0.1, 0.15) is 18.5 Å². The van der Waals surface area contributed by atoms with Crippen molar-refractivity contribution in [3.63, 3.8) is 0 Å². The largest absolute Gasteiger partial charge is 0.352 e. The van der Waals surface area contributed by atoms with Gasteiger partial charge in [0, 0.05) is 0 Å². The Balaban J connectivity index is 2.13. The molecule has 0 fully saturated rings. The molecule has 0 aliphatic carbocycles. The Hall–Kier alpha value is -2.56. The number of hydrogen-bond acceptors (Lipinski definition) is 2. The molecule has 3 amide bonds. The van der Waals surface area contributed by atoms with Crippen molar-refractivity contribution in [2.24, 2.45) is 5.73 Å². The molecule has 4 N–H and O–H groups in total. The molecule has 5 nitrogen and oxygen atoms in total. The highest BCUT2D eigenvalue weighted by Gasteiger charge is 2.12. The van der Waals surface area contributed by atoms with Gasteiger partial charge >= 0.3 is 6.03 Å². The summed E-state index contributed by atoms with van der Waals surface area (Å²) in [6.45, 7) is 1.79. The second kappa shape index (κ2) is 6.06. The smallest absolute Gasteiger partial charge is 0.312 e. The Bertz CT molecular complexity index is 635. The molecule has 104 valence electrons. The molecule has 2 aromatic rings. The number of nitrogens with two attached hydrogens (primary N) is 1. The second-order valence-electron chi connectivity index (χ2n) is 4.58. The average molecular weight is 271 g/mol. The normalized spacial score (nSPS) is 11.8. The summed E-state index contributed by atoms with van der Waals surface area (Å²) in [5, 5.41) is 7.33. The van der Waals surface area contributed by atoms with Crippen LogP contribution in [0.2, 0.25) is 0 Å². The van der Waals surface area contributed by atoms with Crippen molar-refractivity contribution in [2.45, 2.75) is 13.0 Å². The molecule has 0 bridgehead atoms. The molecule has 2 rings (SSSR count). The Morgan fingerprint density at radius 1 is 1.15 bits per heavy atom. The third-order valence-electron chi connectivity index (χ3n) is 3.09. The number of rotatable bonds is 4. The SMILES string of the molecule is CC(NC(=O)CNC(N)=O)c1cccc2ccccc12. The number of carbonyl (C=O) groups is 2. The van der Waals surface area contributed by atoms with Crippen molar-refractivity contribution < 1.29 is 9.59 Å². The van der Waals surface area contributed by atoms with E-state index in [0.29, 0.717) is 0 Å². The highest BCUT2D eigenvalue weighted by atomic mass is 16.2. The van der Waals surface area contributed by atoms with E-state index in [0.717, 1.165) is 16.3 Å². The van der Waals surface area contributed by atoms with Crippen LogP contribution in [0.5, 0.6) is 0 Å². The number of benzene rings is 2. The van der Waals surface area contributed by atoms with Crippen LogP contribution >= 0.6 is 0 Å². The summed E-state index contributed by atoms with van der Waals surface area (Å²) in [5.41, 5.74) is 5.96. The van der Waals surface area contributed by atoms with Crippen LogP contribution in [-0.4, -0.2) is 18.5 Å². The van der Waals surface area contributed by atoms with E-state index in [2.05, 4.69) is 10.6 Å². The lowest BCUT2D eigenvalue weighted by Crippen LogP contribution is -2.40. The van der Waals surface area contributed by atoms with E-state index in [4.69, 9.17) is 5.73 Å². The molecule has 0 aliphatic heterocycles. The van der Waals surface area contributed by atoms with Crippen LogP contribution in [-0.2, 0) is 4.79 Å². The first kappa shape index (κ1) is 13.9. The zero-order chi connectivity index (χ0) is 14.5. The van der Waals surface area contributed by atoms with Gasteiger partial charge in [-0.3, -0.25) is 4.79 Å². The summed E-state index contributed by atoms with van der Waals surface area (Å²) in [5.74, 6) is -0.274. The third-order valence-corrected chi connectivity index (χ3v) is 3.09. The van der Waals surface area contributed by atoms with Crippen molar-refractivity contribution >= 4 is 22.7 Å². The van der Waals surface area contributed by atoms with Gasteiger partial charge in [-0.2, -0.15) is 0 Å². The van der Waals surface area contributed by atoms with Crippen molar-refractivity contribution in [3.8, 4) is 0 Å². The fourth-order valence-electron chi connectivity index (χ4n) is 2.17. The summed E-state index contributed by atoms with van der Waals surface area (Å²) < 4.78 is 0. The Morgan fingerprint density at radius 3 is 2.60 bits per heavy atom. The van der Waals surface area contributed by atoms with Gasteiger partial charge in [0.2, 0.25) is 5.91 Å². The second-order valence-corrected chi connectivity index (χ2v) is 4.58. The standard InChI is InChI=1S/C15H17N3O2/c1-10(18-14(19)9-17-15(16)20)12-8-4-6-11-5-2-3-7-13(11)12/h2-8,10H,9H2,1H3,(H,18,19)(H3,16,17,20). The van der Waals surface area contributed by atoms with E-state index in [9.17, 15) is 9.59 Å². The van der Waals surface area contributed by atoms with E-state index in [1.165, 1.54) is 0 Å². The van der Waals surface area contributed by atoms with Gasteiger partial charge in [-0.05, 0) is 23.3 Å². The molecule has 0 saturated carbocycles.